The molecule has 0 aromatic rings. The van der Waals surface area contributed by atoms with Crippen molar-refractivity contribution in [3.05, 3.63) is 0 Å². The number of aliphatic hydroxyl groups excluding tert-OH is 1. The highest BCUT2D eigenvalue weighted by molar-refractivity contribution is 5.68. The molecule has 2 aliphatic rings. The number of nitrogens with zero attached hydrogens (tertiary/aromatic N) is 1. The van der Waals surface area contributed by atoms with Gasteiger partial charge in [0.25, 0.3) is 0 Å². The van der Waals surface area contributed by atoms with Crippen molar-refractivity contribution < 1.29 is 24.5 Å². The zero-order chi connectivity index (χ0) is 16.4. The molecule has 22 heavy (non-hydrogen) atoms. The molecule has 0 saturated carbocycles. The second kappa shape index (κ2) is 6.34. The summed E-state index contributed by atoms with van der Waals surface area (Å²) < 4.78 is 10.8. The Hall–Kier alpha value is -0.850. The van der Waals surface area contributed by atoms with Crippen LogP contribution in [0, 0.1) is 5.41 Å². The van der Waals surface area contributed by atoms with Crippen LogP contribution in [0.1, 0.15) is 46.5 Å². The minimum atomic E-state index is -0.985. The molecular formula is C16H29NO5. The van der Waals surface area contributed by atoms with Gasteiger partial charge in [0.15, 0.2) is 0 Å². The van der Waals surface area contributed by atoms with E-state index in [-0.39, 0.29) is 12.7 Å². The minimum Gasteiger partial charge on any atom is -0.444 e. The van der Waals surface area contributed by atoms with Crippen molar-refractivity contribution in [3.8, 4) is 0 Å². The zero-order valence-corrected chi connectivity index (χ0v) is 13.9. The lowest BCUT2D eigenvalue weighted by Gasteiger charge is -2.52. The maximum Gasteiger partial charge on any atom is 0.410 e. The smallest absolute Gasteiger partial charge is 0.410 e. The number of hydrogen-bond donors (Lipinski definition) is 2. The first-order valence-corrected chi connectivity index (χ1v) is 8.10. The fourth-order valence-electron chi connectivity index (χ4n) is 3.51. The molecule has 2 saturated heterocycles. The highest BCUT2D eigenvalue weighted by Gasteiger charge is 2.53. The Bertz CT molecular complexity index is 400. The topological polar surface area (TPSA) is 79.2 Å². The van der Waals surface area contributed by atoms with Gasteiger partial charge in [0.2, 0.25) is 0 Å². The molecule has 2 rings (SSSR count). The summed E-state index contributed by atoms with van der Waals surface area (Å²) in [7, 11) is 0. The molecule has 2 heterocycles. The van der Waals surface area contributed by atoms with Gasteiger partial charge in [0.1, 0.15) is 5.60 Å². The number of aliphatic hydroxyl groups is 2. The van der Waals surface area contributed by atoms with E-state index in [1.165, 1.54) is 0 Å². The summed E-state index contributed by atoms with van der Waals surface area (Å²) in [5.74, 6) is 0. The summed E-state index contributed by atoms with van der Waals surface area (Å²) in [6, 6.07) is 0. The number of carbonyl (C=O) groups is 1. The van der Waals surface area contributed by atoms with Gasteiger partial charge in [-0.05, 0) is 33.6 Å². The Labute approximate surface area is 132 Å². The third-order valence-corrected chi connectivity index (χ3v) is 4.84. The van der Waals surface area contributed by atoms with Crippen LogP contribution in [0.3, 0.4) is 0 Å². The van der Waals surface area contributed by atoms with Gasteiger partial charge in [-0.2, -0.15) is 0 Å². The second-order valence-electron chi connectivity index (χ2n) is 7.59. The number of amides is 1. The number of carbonyl (C=O) groups excluding carboxylic acids is 1. The van der Waals surface area contributed by atoms with Gasteiger partial charge in [-0.3, -0.25) is 0 Å². The Morgan fingerprint density at radius 1 is 1.27 bits per heavy atom. The highest BCUT2D eigenvalue weighted by atomic mass is 16.6. The highest BCUT2D eigenvalue weighted by Crippen LogP contribution is 2.45. The quantitative estimate of drug-likeness (QED) is 0.808. The van der Waals surface area contributed by atoms with Gasteiger partial charge in [-0.1, -0.05) is 0 Å². The summed E-state index contributed by atoms with van der Waals surface area (Å²) >= 11 is 0. The van der Waals surface area contributed by atoms with Gasteiger partial charge in [0, 0.05) is 44.6 Å². The van der Waals surface area contributed by atoms with Crippen molar-refractivity contribution in [2.24, 2.45) is 5.41 Å². The normalized spacial score (nSPS) is 29.2. The first-order chi connectivity index (χ1) is 10.2. The number of rotatable bonds is 2. The molecule has 6 nitrogen and oxygen atoms in total. The molecule has 0 aromatic heterocycles. The Morgan fingerprint density at radius 3 is 2.45 bits per heavy atom. The summed E-state index contributed by atoms with van der Waals surface area (Å²) in [6.07, 6.45) is 2.08. The van der Waals surface area contributed by atoms with Crippen LogP contribution >= 0.6 is 0 Å². The van der Waals surface area contributed by atoms with Crippen LogP contribution < -0.4 is 0 Å². The zero-order valence-electron chi connectivity index (χ0n) is 13.9. The molecule has 0 radical (unpaired) electrons. The van der Waals surface area contributed by atoms with Crippen molar-refractivity contribution in [1.82, 2.24) is 4.90 Å². The van der Waals surface area contributed by atoms with E-state index in [1.54, 1.807) is 4.90 Å². The average molecular weight is 315 g/mol. The van der Waals surface area contributed by atoms with Gasteiger partial charge < -0.3 is 24.6 Å². The van der Waals surface area contributed by atoms with E-state index in [1.807, 2.05) is 20.8 Å². The first kappa shape index (κ1) is 17.5. The number of likely N-dealkylation sites (tertiary alicyclic amines) is 1. The fourth-order valence-corrected chi connectivity index (χ4v) is 3.51. The van der Waals surface area contributed by atoms with Crippen LogP contribution in [0.15, 0.2) is 0 Å². The maximum absolute atomic E-state index is 12.3. The number of ether oxygens (including phenoxy) is 2. The Kier molecular flexibility index (Phi) is 5.04. The number of hydrogen-bond acceptors (Lipinski definition) is 5. The lowest BCUT2D eigenvalue weighted by Crippen LogP contribution is -2.61. The minimum absolute atomic E-state index is 0.136. The molecule has 1 amide bonds. The molecule has 0 aromatic carbocycles. The first-order valence-electron chi connectivity index (χ1n) is 8.10. The van der Waals surface area contributed by atoms with E-state index in [2.05, 4.69) is 0 Å². The van der Waals surface area contributed by atoms with E-state index in [0.29, 0.717) is 45.6 Å². The molecule has 128 valence electrons. The number of piperidine rings is 1. The third kappa shape index (κ3) is 3.55. The third-order valence-electron chi connectivity index (χ3n) is 4.84. The monoisotopic (exact) mass is 315 g/mol. The maximum atomic E-state index is 12.3. The average Bonchev–Trinajstić information content (AvgIpc) is 2.46. The Morgan fingerprint density at radius 2 is 1.91 bits per heavy atom. The van der Waals surface area contributed by atoms with E-state index in [9.17, 15) is 15.0 Å². The van der Waals surface area contributed by atoms with Crippen LogP contribution in [0.2, 0.25) is 0 Å². The van der Waals surface area contributed by atoms with Gasteiger partial charge in [-0.15, -0.1) is 0 Å². The van der Waals surface area contributed by atoms with Crippen molar-refractivity contribution in [2.75, 3.05) is 32.9 Å². The van der Waals surface area contributed by atoms with Crippen LogP contribution in [0.5, 0.6) is 0 Å². The molecule has 2 fully saturated rings. The van der Waals surface area contributed by atoms with Crippen LogP contribution in [-0.2, 0) is 9.47 Å². The molecule has 0 spiro atoms. The SMILES string of the molecule is CC(C)(C)OC(=O)N1CCCC(CO)(C2(O)CCOCC2)C1. The summed E-state index contributed by atoms with van der Waals surface area (Å²) in [6.45, 7) is 7.27. The Balaban J connectivity index is 2.14. The van der Waals surface area contributed by atoms with Crippen molar-refractivity contribution in [2.45, 2.75) is 57.7 Å². The molecule has 0 bridgehead atoms. The second-order valence-corrected chi connectivity index (χ2v) is 7.59. The molecular weight excluding hydrogens is 286 g/mol. The summed E-state index contributed by atoms with van der Waals surface area (Å²) in [5.41, 5.74) is -2.22. The van der Waals surface area contributed by atoms with Crippen molar-refractivity contribution in [3.63, 3.8) is 0 Å². The molecule has 1 unspecified atom stereocenters. The van der Waals surface area contributed by atoms with Gasteiger partial charge >= 0.3 is 6.09 Å². The van der Waals surface area contributed by atoms with Crippen LogP contribution in [0.25, 0.3) is 0 Å². The summed E-state index contributed by atoms with van der Waals surface area (Å²) in [5, 5.41) is 21.1. The van der Waals surface area contributed by atoms with Crippen molar-refractivity contribution >= 4 is 6.09 Å². The standard InChI is InChI=1S/C16H29NO5/c1-14(2,3)22-13(19)17-8-4-5-15(11-17,12-18)16(20)6-9-21-10-7-16/h18,20H,4-12H2,1-3H3. The van der Waals surface area contributed by atoms with Gasteiger partial charge in [-0.25, -0.2) is 4.79 Å². The predicted molar refractivity (Wildman–Crippen MR) is 81.6 cm³/mol. The van der Waals surface area contributed by atoms with Crippen molar-refractivity contribution in [1.29, 1.82) is 0 Å². The van der Waals surface area contributed by atoms with E-state index < -0.39 is 16.6 Å². The van der Waals surface area contributed by atoms with E-state index in [4.69, 9.17) is 9.47 Å². The molecule has 2 aliphatic heterocycles. The molecule has 1 atom stereocenters. The predicted octanol–water partition coefficient (Wildman–Crippen LogP) is 1.54. The van der Waals surface area contributed by atoms with E-state index >= 15 is 0 Å². The van der Waals surface area contributed by atoms with E-state index in [0.717, 1.165) is 6.42 Å². The lowest BCUT2D eigenvalue weighted by molar-refractivity contribution is -0.177. The molecule has 2 N–H and O–H groups in total. The van der Waals surface area contributed by atoms with Gasteiger partial charge in [0.05, 0.1) is 12.2 Å². The fraction of sp³-hybridized carbons (Fsp3) is 0.938. The summed E-state index contributed by atoms with van der Waals surface area (Å²) in [4.78, 5) is 13.9. The van der Waals surface area contributed by atoms with Crippen LogP contribution in [-0.4, -0.2) is 65.3 Å². The molecule has 6 heteroatoms. The van der Waals surface area contributed by atoms with Crippen LogP contribution in [0.4, 0.5) is 4.79 Å². The largest absolute Gasteiger partial charge is 0.444 e. The lowest BCUT2D eigenvalue weighted by atomic mass is 9.64. The molecule has 0 aliphatic carbocycles.